The van der Waals surface area contributed by atoms with E-state index in [4.69, 9.17) is 16.2 Å². The lowest BCUT2D eigenvalue weighted by molar-refractivity contribution is 0.303. The lowest BCUT2D eigenvalue weighted by Gasteiger charge is -2.07. The normalized spacial score (nSPS) is 14.4. The van der Waals surface area contributed by atoms with Crippen LogP contribution in [0, 0.1) is 0 Å². The van der Waals surface area contributed by atoms with Crippen molar-refractivity contribution in [1.29, 1.82) is 0 Å². The van der Waals surface area contributed by atoms with Gasteiger partial charge >= 0.3 is 0 Å². The predicted molar refractivity (Wildman–Crippen MR) is 69.9 cm³/mol. The molecular formula is C13H14N4O. The van der Waals surface area contributed by atoms with Gasteiger partial charge in [-0.2, -0.15) is 4.98 Å². The van der Waals surface area contributed by atoms with Crippen molar-refractivity contribution in [2.45, 2.75) is 18.9 Å². The molecular weight excluding hydrogens is 228 g/mol. The number of ether oxygens (including phenoxy) is 1. The number of hydrogen-bond donors (Lipinski definition) is 2. The van der Waals surface area contributed by atoms with Crippen LogP contribution in [0.4, 0.5) is 11.8 Å². The summed E-state index contributed by atoms with van der Waals surface area (Å²) in [5, 5.41) is 0. The van der Waals surface area contributed by atoms with E-state index in [1.807, 2.05) is 24.3 Å². The number of nitrogen functional groups attached to an aromatic ring is 2. The Hall–Kier alpha value is -2.30. The fraction of sp³-hybridized carbons (Fsp3) is 0.231. The highest BCUT2D eigenvalue weighted by Gasteiger charge is 2.23. The van der Waals surface area contributed by atoms with E-state index in [-0.39, 0.29) is 5.95 Å². The number of rotatable bonds is 3. The molecule has 0 radical (unpaired) electrons. The molecule has 0 spiro atoms. The maximum atomic E-state index is 5.74. The minimum atomic E-state index is 0.179. The molecule has 1 saturated carbocycles. The minimum absolute atomic E-state index is 0.179. The molecule has 2 aromatic rings. The Morgan fingerprint density at radius 3 is 2.67 bits per heavy atom. The fourth-order valence-electron chi connectivity index (χ4n) is 1.74. The Balaban J connectivity index is 1.94. The van der Waals surface area contributed by atoms with E-state index < -0.39 is 0 Å². The van der Waals surface area contributed by atoms with Crippen LogP contribution in [-0.4, -0.2) is 16.1 Å². The number of nitrogens with two attached hydrogens (primary N) is 2. The number of aromatic nitrogens is 2. The first-order chi connectivity index (χ1) is 8.70. The van der Waals surface area contributed by atoms with E-state index in [2.05, 4.69) is 9.97 Å². The summed E-state index contributed by atoms with van der Waals surface area (Å²) in [5.41, 5.74) is 12.9. The second-order valence-corrected chi connectivity index (χ2v) is 4.38. The molecule has 1 heterocycles. The van der Waals surface area contributed by atoms with Gasteiger partial charge in [-0.3, -0.25) is 0 Å². The van der Waals surface area contributed by atoms with Gasteiger partial charge in [-0.25, -0.2) is 4.98 Å². The van der Waals surface area contributed by atoms with E-state index in [1.165, 1.54) is 0 Å². The van der Waals surface area contributed by atoms with E-state index in [0.717, 1.165) is 24.2 Å². The molecule has 0 aliphatic heterocycles. The van der Waals surface area contributed by atoms with Crippen molar-refractivity contribution in [3.8, 4) is 17.0 Å². The summed E-state index contributed by atoms with van der Waals surface area (Å²) >= 11 is 0. The SMILES string of the molecule is Nc1cc(-c2cccc(OC3CC3)c2)nc(N)n1. The van der Waals surface area contributed by atoms with E-state index in [9.17, 15) is 0 Å². The van der Waals surface area contributed by atoms with Crippen LogP contribution in [0.3, 0.4) is 0 Å². The lowest BCUT2D eigenvalue weighted by atomic mass is 10.1. The van der Waals surface area contributed by atoms with Crippen molar-refractivity contribution < 1.29 is 4.74 Å². The monoisotopic (exact) mass is 242 g/mol. The lowest BCUT2D eigenvalue weighted by Crippen LogP contribution is -2.01. The van der Waals surface area contributed by atoms with Crippen molar-refractivity contribution in [3.05, 3.63) is 30.3 Å². The summed E-state index contributed by atoms with van der Waals surface area (Å²) in [4.78, 5) is 8.03. The highest BCUT2D eigenvalue weighted by Crippen LogP contribution is 2.29. The highest BCUT2D eigenvalue weighted by molar-refractivity contribution is 5.64. The number of benzene rings is 1. The van der Waals surface area contributed by atoms with Gasteiger partial charge in [0.1, 0.15) is 11.6 Å². The summed E-state index contributed by atoms with van der Waals surface area (Å²) < 4.78 is 5.74. The summed E-state index contributed by atoms with van der Waals surface area (Å²) in [6.45, 7) is 0. The van der Waals surface area contributed by atoms with E-state index in [1.54, 1.807) is 6.07 Å². The number of nitrogens with zero attached hydrogens (tertiary/aromatic N) is 2. The fourth-order valence-corrected chi connectivity index (χ4v) is 1.74. The molecule has 3 rings (SSSR count). The molecule has 18 heavy (non-hydrogen) atoms. The third kappa shape index (κ3) is 2.34. The molecule has 1 aromatic carbocycles. The molecule has 1 aliphatic rings. The first kappa shape index (κ1) is 10.8. The Labute approximate surface area is 105 Å². The Morgan fingerprint density at radius 1 is 1.11 bits per heavy atom. The van der Waals surface area contributed by atoms with Crippen LogP contribution in [0.25, 0.3) is 11.3 Å². The molecule has 92 valence electrons. The van der Waals surface area contributed by atoms with Crippen molar-refractivity contribution in [3.63, 3.8) is 0 Å². The Bertz CT molecular complexity index is 561. The van der Waals surface area contributed by atoms with Gasteiger partial charge in [0.2, 0.25) is 5.95 Å². The van der Waals surface area contributed by atoms with Crippen molar-refractivity contribution in [1.82, 2.24) is 9.97 Å². The third-order valence-corrected chi connectivity index (χ3v) is 2.72. The molecule has 0 bridgehead atoms. The molecule has 1 aliphatic carbocycles. The van der Waals surface area contributed by atoms with Crippen LogP contribution in [0.15, 0.2) is 30.3 Å². The zero-order valence-corrected chi connectivity index (χ0v) is 9.84. The smallest absolute Gasteiger partial charge is 0.222 e. The molecule has 0 amide bonds. The van der Waals surface area contributed by atoms with Crippen molar-refractivity contribution in [2.75, 3.05) is 11.5 Å². The predicted octanol–water partition coefficient (Wildman–Crippen LogP) is 1.85. The topological polar surface area (TPSA) is 87.0 Å². The first-order valence-electron chi connectivity index (χ1n) is 5.88. The standard InChI is InChI=1S/C13H14N4O/c14-12-7-11(16-13(15)17-12)8-2-1-3-10(6-8)18-9-4-5-9/h1-3,6-7,9H,4-5H2,(H4,14,15,16,17). The molecule has 0 saturated heterocycles. The van der Waals surface area contributed by atoms with Gasteiger partial charge in [0, 0.05) is 11.6 Å². The second kappa shape index (κ2) is 4.18. The van der Waals surface area contributed by atoms with Gasteiger partial charge in [-0.15, -0.1) is 0 Å². The van der Waals surface area contributed by atoms with E-state index >= 15 is 0 Å². The molecule has 0 atom stereocenters. The highest BCUT2D eigenvalue weighted by atomic mass is 16.5. The maximum Gasteiger partial charge on any atom is 0.222 e. The van der Waals surface area contributed by atoms with Gasteiger partial charge in [0.15, 0.2) is 0 Å². The zero-order chi connectivity index (χ0) is 12.5. The second-order valence-electron chi connectivity index (χ2n) is 4.38. The minimum Gasteiger partial charge on any atom is -0.490 e. The van der Waals surface area contributed by atoms with E-state index in [0.29, 0.717) is 17.6 Å². The van der Waals surface area contributed by atoms with Gasteiger partial charge in [0.05, 0.1) is 11.8 Å². The van der Waals surface area contributed by atoms with Crippen LogP contribution >= 0.6 is 0 Å². The quantitative estimate of drug-likeness (QED) is 0.857. The maximum absolute atomic E-state index is 5.74. The van der Waals surface area contributed by atoms with Crippen molar-refractivity contribution >= 4 is 11.8 Å². The molecule has 5 nitrogen and oxygen atoms in total. The number of hydrogen-bond acceptors (Lipinski definition) is 5. The largest absolute Gasteiger partial charge is 0.490 e. The molecule has 0 unspecified atom stereocenters. The molecule has 4 N–H and O–H groups in total. The average Bonchev–Trinajstić information content (AvgIpc) is 3.12. The van der Waals surface area contributed by atoms with Crippen LogP contribution < -0.4 is 16.2 Å². The Kier molecular flexibility index (Phi) is 2.51. The summed E-state index contributed by atoms with van der Waals surface area (Å²) in [5.74, 6) is 1.40. The van der Waals surface area contributed by atoms with Crippen LogP contribution in [0.5, 0.6) is 5.75 Å². The Morgan fingerprint density at radius 2 is 1.94 bits per heavy atom. The first-order valence-corrected chi connectivity index (χ1v) is 5.88. The van der Waals surface area contributed by atoms with Crippen molar-refractivity contribution in [2.24, 2.45) is 0 Å². The van der Waals surface area contributed by atoms with Crippen LogP contribution in [0.1, 0.15) is 12.8 Å². The zero-order valence-electron chi connectivity index (χ0n) is 9.84. The molecule has 5 heteroatoms. The average molecular weight is 242 g/mol. The van der Waals surface area contributed by atoms with Gasteiger partial charge < -0.3 is 16.2 Å². The molecule has 1 fully saturated rings. The van der Waals surface area contributed by atoms with Gasteiger partial charge in [0.25, 0.3) is 0 Å². The summed E-state index contributed by atoms with van der Waals surface area (Å²) in [6.07, 6.45) is 2.65. The summed E-state index contributed by atoms with van der Waals surface area (Å²) in [6, 6.07) is 9.46. The van der Waals surface area contributed by atoms with Crippen LogP contribution in [-0.2, 0) is 0 Å². The third-order valence-electron chi connectivity index (χ3n) is 2.72. The molecule has 1 aromatic heterocycles. The summed E-state index contributed by atoms with van der Waals surface area (Å²) in [7, 11) is 0. The van der Waals surface area contributed by atoms with Gasteiger partial charge in [-0.1, -0.05) is 12.1 Å². The van der Waals surface area contributed by atoms with Crippen LogP contribution in [0.2, 0.25) is 0 Å². The van der Waals surface area contributed by atoms with Gasteiger partial charge in [-0.05, 0) is 25.0 Å². The number of anilines is 2.